The first-order chi connectivity index (χ1) is 21.6. The van der Waals surface area contributed by atoms with Gasteiger partial charge >= 0.3 is 0 Å². The first kappa shape index (κ1) is 24.9. The zero-order valence-corrected chi connectivity index (χ0v) is 25.3. The molecule has 0 saturated carbocycles. The summed E-state index contributed by atoms with van der Waals surface area (Å²) in [5, 5.41) is 21.4. The van der Waals surface area contributed by atoms with Crippen molar-refractivity contribution in [2.75, 3.05) is 4.90 Å². The molecule has 0 aliphatic carbocycles. The number of anilines is 3. The van der Waals surface area contributed by atoms with Crippen LogP contribution in [-0.4, -0.2) is 37.3 Å². The Labute approximate surface area is 254 Å². The van der Waals surface area contributed by atoms with Crippen molar-refractivity contribution in [3.63, 3.8) is 0 Å². The normalized spacial score (nSPS) is 13.8. The van der Waals surface area contributed by atoms with Gasteiger partial charge in [0.2, 0.25) is 11.3 Å². The highest BCUT2D eigenvalue weighted by Gasteiger charge is 2.38. The molecule has 0 fully saturated rings. The van der Waals surface area contributed by atoms with Crippen LogP contribution in [0.1, 0.15) is 0 Å². The van der Waals surface area contributed by atoms with Gasteiger partial charge in [-0.2, -0.15) is 0 Å². The van der Waals surface area contributed by atoms with E-state index >= 15 is 0 Å². The molecule has 1 aliphatic heterocycles. The van der Waals surface area contributed by atoms with Crippen LogP contribution < -0.4 is 15.3 Å². The number of hydrogen-bond acceptors (Lipinski definition) is 5. The lowest BCUT2D eigenvalue weighted by Gasteiger charge is -2.41. The van der Waals surface area contributed by atoms with E-state index in [0.29, 0.717) is 11.3 Å². The summed E-state index contributed by atoms with van der Waals surface area (Å²) in [6.45, 7) is 4.89. The molecular formula is C36H27N7Si. The maximum absolute atomic E-state index is 4.70. The number of para-hydroxylation sites is 4. The van der Waals surface area contributed by atoms with Crippen LogP contribution in [0.25, 0.3) is 45.1 Å². The number of benzene rings is 5. The first-order valence-corrected chi connectivity index (χ1v) is 17.8. The number of aromatic nitrogens is 6. The monoisotopic (exact) mass is 585 g/mol. The predicted octanol–water partition coefficient (Wildman–Crippen LogP) is 6.87. The third kappa shape index (κ3) is 3.42. The van der Waals surface area contributed by atoms with Crippen LogP contribution in [0.5, 0.6) is 0 Å². The lowest BCUT2D eigenvalue weighted by atomic mass is 10.1. The molecule has 0 unspecified atom stereocenters. The SMILES string of the molecule is C[Si]1(C)c2ccccc2N(c2ccc(-c3nnc4c5nnc(-c6ccccc6)n5c5ccccc5n34)cc2)c2ccccc21. The summed E-state index contributed by atoms with van der Waals surface area (Å²) in [6.07, 6.45) is 0. The molecule has 8 heteroatoms. The Kier molecular flexibility index (Phi) is 5.21. The van der Waals surface area contributed by atoms with E-state index in [1.807, 2.05) is 30.3 Å². The molecule has 210 valence electrons. The molecule has 7 nitrogen and oxygen atoms in total. The average molecular weight is 586 g/mol. The molecule has 4 heterocycles. The van der Waals surface area contributed by atoms with Gasteiger partial charge in [0.25, 0.3) is 0 Å². The number of rotatable bonds is 3. The Morgan fingerprint density at radius 3 is 1.45 bits per heavy atom. The van der Waals surface area contributed by atoms with Gasteiger partial charge < -0.3 is 4.90 Å². The summed E-state index contributed by atoms with van der Waals surface area (Å²) in [5.41, 5.74) is 8.94. The number of hydrogen-bond donors (Lipinski definition) is 0. The summed E-state index contributed by atoms with van der Waals surface area (Å²) in [4.78, 5) is 2.40. The van der Waals surface area contributed by atoms with E-state index in [4.69, 9.17) is 5.10 Å². The van der Waals surface area contributed by atoms with Crippen LogP contribution in [-0.2, 0) is 0 Å². The molecule has 0 saturated heterocycles. The third-order valence-corrected chi connectivity index (χ3v) is 12.5. The van der Waals surface area contributed by atoms with Crippen molar-refractivity contribution in [3.8, 4) is 22.8 Å². The van der Waals surface area contributed by atoms with Crippen molar-refractivity contribution < 1.29 is 0 Å². The predicted molar refractivity (Wildman–Crippen MR) is 179 cm³/mol. The summed E-state index contributed by atoms with van der Waals surface area (Å²) < 4.78 is 4.18. The number of fused-ring (bicyclic) bond motifs is 8. The summed E-state index contributed by atoms with van der Waals surface area (Å²) in [6, 6.07) is 44.8. The van der Waals surface area contributed by atoms with Crippen LogP contribution in [0.4, 0.5) is 17.1 Å². The molecular weight excluding hydrogens is 559 g/mol. The smallest absolute Gasteiger partial charge is 0.207 e. The van der Waals surface area contributed by atoms with Crippen molar-refractivity contribution in [2.24, 2.45) is 0 Å². The summed E-state index contributed by atoms with van der Waals surface area (Å²) >= 11 is 0. The average Bonchev–Trinajstić information content (AvgIpc) is 3.72. The molecule has 9 rings (SSSR count). The second-order valence-corrected chi connectivity index (χ2v) is 16.1. The van der Waals surface area contributed by atoms with Gasteiger partial charge in [0.05, 0.1) is 11.0 Å². The summed E-state index contributed by atoms with van der Waals surface area (Å²) in [7, 11) is -1.84. The van der Waals surface area contributed by atoms with E-state index < -0.39 is 8.07 Å². The van der Waals surface area contributed by atoms with Gasteiger partial charge in [-0.3, -0.25) is 8.80 Å². The second-order valence-electron chi connectivity index (χ2n) is 11.8. The van der Waals surface area contributed by atoms with Gasteiger partial charge in [-0.05, 0) is 58.9 Å². The topological polar surface area (TPSA) is 63.6 Å². The Balaban J connectivity index is 1.21. The molecule has 0 spiro atoms. The highest BCUT2D eigenvalue weighted by molar-refractivity contribution is 7.02. The molecule has 0 amide bonds. The third-order valence-electron chi connectivity index (χ3n) is 8.94. The highest BCUT2D eigenvalue weighted by Crippen LogP contribution is 2.39. The minimum Gasteiger partial charge on any atom is -0.311 e. The fourth-order valence-corrected chi connectivity index (χ4v) is 9.81. The summed E-state index contributed by atoms with van der Waals surface area (Å²) in [5.74, 6) is 1.55. The largest absolute Gasteiger partial charge is 0.311 e. The van der Waals surface area contributed by atoms with Gasteiger partial charge in [-0.25, -0.2) is 0 Å². The quantitative estimate of drug-likeness (QED) is 0.212. The van der Waals surface area contributed by atoms with E-state index in [9.17, 15) is 0 Å². The van der Waals surface area contributed by atoms with Gasteiger partial charge in [0.15, 0.2) is 11.6 Å². The van der Waals surface area contributed by atoms with Gasteiger partial charge in [-0.15, -0.1) is 20.4 Å². The molecule has 3 aromatic heterocycles. The van der Waals surface area contributed by atoms with Gasteiger partial charge in [0, 0.05) is 28.2 Å². The molecule has 0 atom stereocenters. The van der Waals surface area contributed by atoms with Crippen molar-refractivity contribution in [2.45, 2.75) is 13.1 Å². The van der Waals surface area contributed by atoms with E-state index in [-0.39, 0.29) is 0 Å². The standard InChI is InChI=1S/C36H27N7Si/c1-44(2)31-18-10-8-16-29(31)41(30-17-9-11-19-32(30)44)26-22-20-25(21-23-26)34-38-40-36-35-39-37-33(24-12-4-3-5-13-24)42(35)27-14-6-7-15-28(27)43(34)36/h3-23H,1-2H3. The Bertz CT molecular complexity index is 2320. The molecule has 5 aromatic carbocycles. The molecule has 8 aromatic rings. The fourth-order valence-electron chi connectivity index (χ4n) is 6.82. The lowest BCUT2D eigenvalue weighted by molar-refractivity contribution is 1.10. The minimum absolute atomic E-state index is 0.670. The van der Waals surface area contributed by atoms with Crippen molar-refractivity contribution >= 4 is 57.8 Å². The van der Waals surface area contributed by atoms with Crippen LogP contribution >= 0.6 is 0 Å². The van der Waals surface area contributed by atoms with Crippen LogP contribution in [0, 0.1) is 0 Å². The molecule has 44 heavy (non-hydrogen) atoms. The van der Waals surface area contributed by atoms with E-state index in [0.717, 1.165) is 39.5 Å². The van der Waals surface area contributed by atoms with E-state index in [2.05, 4.69) is 139 Å². The zero-order chi connectivity index (χ0) is 29.4. The minimum atomic E-state index is -1.84. The molecule has 0 bridgehead atoms. The highest BCUT2D eigenvalue weighted by atomic mass is 28.3. The Hall–Kier alpha value is -5.60. The van der Waals surface area contributed by atoms with Crippen LogP contribution in [0.2, 0.25) is 13.1 Å². The maximum atomic E-state index is 4.70. The van der Waals surface area contributed by atoms with Crippen LogP contribution in [0.15, 0.2) is 127 Å². The maximum Gasteiger partial charge on any atom is 0.207 e. The van der Waals surface area contributed by atoms with Crippen molar-refractivity contribution in [1.29, 1.82) is 0 Å². The van der Waals surface area contributed by atoms with Gasteiger partial charge in [0.1, 0.15) is 8.07 Å². The van der Waals surface area contributed by atoms with E-state index in [1.165, 1.54) is 21.7 Å². The van der Waals surface area contributed by atoms with Crippen molar-refractivity contribution in [1.82, 2.24) is 29.2 Å². The molecule has 1 aliphatic rings. The second kappa shape index (κ2) is 9.20. The zero-order valence-electron chi connectivity index (χ0n) is 24.3. The fraction of sp³-hybridized carbons (Fsp3) is 0.0556. The molecule has 0 N–H and O–H groups in total. The Morgan fingerprint density at radius 2 is 0.909 bits per heavy atom. The lowest BCUT2D eigenvalue weighted by Crippen LogP contribution is -2.58. The Morgan fingerprint density at radius 1 is 0.455 bits per heavy atom. The van der Waals surface area contributed by atoms with Crippen molar-refractivity contribution in [3.05, 3.63) is 127 Å². The van der Waals surface area contributed by atoms with Gasteiger partial charge in [-0.1, -0.05) is 92.0 Å². The first-order valence-electron chi connectivity index (χ1n) is 14.8. The molecule has 0 radical (unpaired) electrons. The van der Waals surface area contributed by atoms with E-state index in [1.54, 1.807) is 0 Å². The van der Waals surface area contributed by atoms with Crippen LogP contribution in [0.3, 0.4) is 0 Å². The number of nitrogens with zero attached hydrogens (tertiary/aromatic N) is 7.